The summed E-state index contributed by atoms with van der Waals surface area (Å²) in [5.41, 5.74) is 5.88. The highest BCUT2D eigenvalue weighted by molar-refractivity contribution is 7.22. The summed E-state index contributed by atoms with van der Waals surface area (Å²) < 4.78 is 32.2. The van der Waals surface area contributed by atoms with Gasteiger partial charge in [-0.15, -0.1) is 11.3 Å². The molecule has 0 spiro atoms. The van der Waals surface area contributed by atoms with E-state index in [4.69, 9.17) is 5.73 Å². The molecule has 4 N–H and O–H groups in total. The molecule has 0 aliphatic rings. The maximum Gasteiger partial charge on any atom is 0.337 e. The minimum atomic E-state index is -0.824. The van der Waals surface area contributed by atoms with Crippen LogP contribution >= 0.6 is 11.3 Å². The van der Waals surface area contributed by atoms with Crippen LogP contribution in [0.3, 0.4) is 0 Å². The summed E-state index contributed by atoms with van der Waals surface area (Å²) in [5.74, 6) is -2.13. The molecule has 0 radical (unpaired) electrons. The van der Waals surface area contributed by atoms with Crippen LogP contribution in [-0.4, -0.2) is 45.6 Å². The van der Waals surface area contributed by atoms with Crippen molar-refractivity contribution in [2.24, 2.45) is 5.73 Å². The van der Waals surface area contributed by atoms with Crippen LogP contribution in [0.4, 0.5) is 19.3 Å². The molecule has 5 rings (SSSR count). The van der Waals surface area contributed by atoms with E-state index in [1.54, 1.807) is 68.6 Å². The molecule has 3 aromatic carbocycles. The van der Waals surface area contributed by atoms with E-state index in [9.17, 15) is 28.0 Å². The van der Waals surface area contributed by atoms with Gasteiger partial charge in [-0.2, -0.15) is 0 Å². The molecule has 0 saturated carbocycles. The molecule has 13 heteroatoms. The van der Waals surface area contributed by atoms with Gasteiger partial charge in [0.1, 0.15) is 16.5 Å². The van der Waals surface area contributed by atoms with E-state index >= 15 is 0 Å². The highest BCUT2D eigenvalue weighted by Crippen LogP contribution is 2.39. The van der Waals surface area contributed by atoms with Gasteiger partial charge in [-0.25, -0.2) is 22.9 Å². The zero-order valence-corrected chi connectivity index (χ0v) is 26.9. The second kappa shape index (κ2) is 14.1. The van der Waals surface area contributed by atoms with Crippen LogP contribution in [0.5, 0.6) is 0 Å². The first-order chi connectivity index (χ1) is 22.5. The molecule has 0 fully saturated rings. The van der Waals surface area contributed by atoms with Crippen LogP contribution in [-0.2, 0) is 17.9 Å². The van der Waals surface area contributed by atoms with Crippen molar-refractivity contribution in [1.82, 2.24) is 19.4 Å². The number of nitrogens with two attached hydrogens (primary N) is 1. The van der Waals surface area contributed by atoms with Gasteiger partial charge in [0, 0.05) is 41.7 Å². The standard InChI is InChI=1S/C34H34F2N6O4S/c1-4-38-33(45)39-22-15-13-21(14-16-22)30-25(18-40(3)20(2)17-28(37)43)29-31(44)42(23-9-6-5-7-10-23)34(46)41(32(29)47-30)19-24-26(35)11-8-12-27(24)36/h5-16,20H,4,17-19H2,1-3H3,(H2,37,43)(H2,38,39,45). The Hall–Kier alpha value is -5.14. The Bertz CT molecular complexity index is 2040. The van der Waals surface area contributed by atoms with Crippen LogP contribution in [0.2, 0.25) is 0 Å². The summed E-state index contributed by atoms with van der Waals surface area (Å²) in [7, 11) is 1.79. The Balaban J connectivity index is 1.79. The largest absolute Gasteiger partial charge is 0.370 e. The van der Waals surface area contributed by atoms with Crippen molar-refractivity contribution in [3.05, 3.63) is 116 Å². The number of para-hydroxylation sites is 1. The fraction of sp³-hybridized carbons (Fsp3) is 0.235. The number of anilines is 1. The molecule has 2 heterocycles. The number of fused-ring (bicyclic) bond motifs is 1. The molecular formula is C34H34F2N6O4S. The summed E-state index contributed by atoms with van der Waals surface area (Å²) in [4.78, 5) is 55.1. The number of carbonyl (C=O) groups is 2. The molecule has 0 saturated heterocycles. The number of thiophene rings is 1. The van der Waals surface area contributed by atoms with Crippen LogP contribution in [0.15, 0.2) is 82.4 Å². The predicted octanol–water partition coefficient (Wildman–Crippen LogP) is 5.04. The maximum absolute atomic E-state index is 15.0. The third-order valence-corrected chi connectivity index (χ3v) is 9.17. The van der Waals surface area contributed by atoms with Crippen molar-refractivity contribution in [3.63, 3.8) is 0 Å². The highest BCUT2D eigenvalue weighted by Gasteiger charge is 2.26. The zero-order valence-electron chi connectivity index (χ0n) is 26.1. The van der Waals surface area contributed by atoms with Crippen molar-refractivity contribution >= 4 is 39.2 Å². The summed E-state index contributed by atoms with van der Waals surface area (Å²) in [6, 6.07) is 18.1. The smallest absolute Gasteiger partial charge is 0.337 e. The molecule has 3 amide bonds. The third kappa shape index (κ3) is 7.00. The number of benzene rings is 3. The topological polar surface area (TPSA) is 131 Å². The summed E-state index contributed by atoms with van der Waals surface area (Å²) in [5, 5.41) is 5.62. The van der Waals surface area contributed by atoms with E-state index in [2.05, 4.69) is 10.6 Å². The fourth-order valence-corrected chi connectivity index (χ4v) is 6.63. The van der Waals surface area contributed by atoms with Gasteiger partial charge in [0.05, 0.1) is 17.6 Å². The van der Waals surface area contributed by atoms with Gasteiger partial charge >= 0.3 is 11.7 Å². The zero-order chi connectivity index (χ0) is 33.8. The molecule has 2 aromatic heterocycles. The number of hydrogen-bond donors (Lipinski definition) is 3. The van der Waals surface area contributed by atoms with Crippen molar-refractivity contribution in [3.8, 4) is 16.1 Å². The normalized spacial score (nSPS) is 12.0. The molecule has 10 nitrogen and oxygen atoms in total. The van der Waals surface area contributed by atoms with Crippen LogP contribution in [0, 0.1) is 11.6 Å². The average molecular weight is 661 g/mol. The van der Waals surface area contributed by atoms with Crippen LogP contribution in [0.1, 0.15) is 31.4 Å². The first-order valence-electron chi connectivity index (χ1n) is 14.9. The minimum absolute atomic E-state index is 0.0691. The number of nitrogens with one attached hydrogen (secondary N) is 2. The minimum Gasteiger partial charge on any atom is -0.370 e. The first kappa shape index (κ1) is 33.2. The lowest BCUT2D eigenvalue weighted by Crippen LogP contribution is -2.39. The molecule has 1 atom stereocenters. The molecule has 0 aliphatic heterocycles. The Labute approximate surface area is 273 Å². The number of carbonyl (C=O) groups excluding carboxylic acids is 2. The van der Waals surface area contributed by atoms with Gasteiger partial charge in [-0.05, 0) is 68.4 Å². The van der Waals surface area contributed by atoms with Gasteiger partial charge in [-0.3, -0.25) is 19.1 Å². The number of rotatable bonds is 11. The number of nitrogens with zero attached hydrogens (tertiary/aromatic N) is 3. The maximum atomic E-state index is 15.0. The Kier molecular flexibility index (Phi) is 9.97. The van der Waals surface area contributed by atoms with Gasteiger partial charge in [0.25, 0.3) is 5.56 Å². The van der Waals surface area contributed by atoms with E-state index in [1.807, 2.05) is 11.8 Å². The van der Waals surface area contributed by atoms with Gasteiger partial charge in [-0.1, -0.05) is 36.4 Å². The number of amides is 3. The molecule has 5 aromatic rings. The van der Waals surface area contributed by atoms with Crippen molar-refractivity contribution < 1.29 is 18.4 Å². The number of urea groups is 1. The lowest BCUT2D eigenvalue weighted by atomic mass is 10.0. The van der Waals surface area contributed by atoms with E-state index < -0.39 is 35.3 Å². The van der Waals surface area contributed by atoms with Crippen molar-refractivity contribution in [2.45, 2.75) is 39.4 Å². The third-order valence-electron chi connectivity index (χ3n) is 7.86. The van der Waals surface area contributed by atoms with Crippen molar-refractivity contribution in [1.29, 1.82) is 0 Å². The van der Waals surface area contributed by atoms with E-state index in [1.165, 1.54) is 10.6 Å². The van der Waals surface area contributed by atoms with Gasteiger partial charge in [0.2, 0.25) is 5.91 Å². The molecular weight excluding hydrogens is 626 g/mol. The van der Waals surface area contributed by atoms with Crippen molar-refractivity contribution in [2.75, 3.05) is 18.9 Å². The Morgan fingerprint density at radius 2 is 1.62 bits per heavy atom. The average Bonchev–Trinajstić information content (AvgIpc) is 3.40. The van der Waals surface area contributed by atoms with Crippen LogP contribution in [0.25, 0.3) is 26.3 Å². The fourth-order valence-electron chi connectivity index (χ4n) is 5.33. The lowest BCUT2D eigenvalue weighted by molar-refractivity contribution is -0.119. The molecule has 244 valence electrons. The first-order valence-corrected chi connectivity index (χ1v) is 15.7. The number of primary amides is 1. The van der Waals surface area contributed by atoms with E-state index in [0.717, 1.165) is 28.0 Å². The van der Waals surface area contributed by atoms with Gasteiger partial charge < -0.3 is 16.4 Å². The quantitative estimate of drug-likeness (QED) is 0.183. The number of aromatic nitrogens is 2. The SMILES string of the molecule is CCNC(=O)Nc1ccc(-c2sc3c(c2CN(C)C(C)CC(N)=O)c(=O)n(-c2ccccc2)c(=O)n3Cc2c(F)cccc2F)cc1. The Morgan fingerprint density at radius 1 is 0.957 bits per heavy atom. The summed E-state index contributed by atoms with van der Waals surface area (Å²) in [6.45, 7) is 3.80. The van der Waals surface area contributed by atoms with Gasteiger partial charge in [0.15, 0.2) is 0 Å². The van der Waals surface area contributed by atoms with Crippen LogP contribution < -0.4 is 27.6 Å². The number of hydrogen-bond acceptors (Lipinski definition) is 6. The predicted molar refractivity (Wildman–Crippen MR) is 180 cm³/mol. The van der Waals surface area contributed by atoms with E-state index in [0.29, 0.717) is 33.9 Å². The molecule has 47 heavy (non-hydrogen) atoms. The number of halogens is 2. The van der Waals surface area contributed by atoms with E-state index in [-0.39, 0.29) is 40.8 Å². The second-order valence-corrected chi connectivity index (χ2v) is 12.1. The Morgan fingerprint density at radius 3 is 2.23 bits per heavy atom. The second-order valence-electron chi connectivity index (χ2n) is 11.1. The monoisotopic (exact) mass is 660 g/mol. The highest BCUT2D eigenvalue weighted by atomic mass is 32.1. The summed E-state index contributed by atoms with van der Waals surface area (Å²) in [6.07, 6.45) is 0.0691. The molecule has 0 bridgehead atoms. The molecule has 1 unspecified atom stereocenters. The summed E-state index contributed by atoms with van der Waals surface area (Å²) >= 11 is 1.15. The lowest BCUT2D eigenvalue weighted by Gasteiger charge is -2.24. The molecule has 0 aliphatic carbocycles.